The van der Waals surface area contributed by atoms with Gasteiger partial charge in [-0.15, -0.1) is 0 Å². The van der Waals surface area contributed by atoms with Gasteiger partial charge in [-0.1, -0.05) is 12.1 Å². The van der Waals surface area contributed by atoms with Crippen LogP contribution in [-0.2, 0) is 9.84 Å². The van der Waals surface area contributed by atoms with Crippen molar-refractivity contribution in [3.8, 4) is 11.5 Å². The summed E-state index contributed by atoms with van der Waals surface area (Å²) in [5.41, 5.74) is 0. The molecule has 88 valence electrons. The molecule has 1 aromatic rings. The fourth-order valence-electron chi connectivity index (χ4n) is 1.75. The number of rotatable bonds is 4. The maximum Gasteiger partial charge on any atom is 0.160 e. The SMILES string of the molecule is O=S1(=O)CC(CCOc2ccccc2O)C1. The predicted molar refractivity (Wildman–Crippen MR) is 60.4 cm³/mol. The number of hydrogen-bond donors (Lipinski definition) is 1. The molecule has 0 bridgehead atoms. The quantitative estimate of drug-likeness (QED) is 0.862. The molecular formula is C11H14O4S. The lowest BCUT2D eigenvalue weighted by molar-refractivity contribution is 0.273. The molecule has 16 heavy (non-hydrogen) atoms. The number of para-hydroxylation sites is 2. The van der Waals surface area contributed by atoms with E-state index in [1.165, 1.54) is 0 Å². The van der Waals surface area contributed by atoms with Crippen LogP contribution in [0.2, 0.25) is 0 Å². The second-order valence-corrected chi connectivity index (χ2v) is 6.20. The van der Waals surface area contributed by atoms with Gasteiger partial charge < -0.3 is 9.84 Å². The minimum Gasteiger partial charge on any atom is -0.504 e. The van der Waals surface area contributed by atoms with Crippen LogP contribution in [0.5, 0.6) is 11.5 Å². The smallest absolute Gasteiger partial charge is 0.160 e. The molecule has 0 aromatic heterocycles. The summed E-state index contributed by atoms with van der Waals surface area (Å²) in [6.45, 7) is 0.442. The van der Waals surface area contributed by atoms with Crippen molar-refractivity contribution in [2.45, 2.75) is 6.42 Å². The fourth-order valence-corrected chi connectivity index (χ4v) is 3.42. The van der Waals surface area contributed by atoms with Crippen LogP contribution in [0.3, 0.4) is 0 Å². The second-order valence-electron chi connectivity index (χ2n) is 4.05. The molecule has 0 spiro atoms. The van der Waals surface area contributed by atoms with Gasteiger partial charge in [-0.3, -0.25) is 0 Å². The Morgan fingerprint density at radius 3 is 2.62 bits per heavy atom. The highest BCUT2D eigenvalue weighted by Crippen LogP contribution is 2.26. The minimum atomic E-state index is -2.74. The molecule has 0 amide bonds. The van der Waals surface area contributed by atoms with Crippen LogP contribution in [0.15, 0.2) is 24.3 Å². The summed E-state index contributed by atoms with van der Waals surface area (Å²) in [6, 6.07) is 6.75. The van der Waals surface area contributed by atoms with Crippen molar-refractivity contribution in [2.24, 2.45) is 5.92 Å². The van der Waals surface area contributed by atoms with Crippen LogP contribution >= 0.6 is 0 Å². The average Bonchev–Trinajstić information content (AvgIpc) is 2.18. The Morgan fingerprint density at radius 2 is 2.00 bits per heavy atom. The van der Waals surface area contributed by atoms with Crippen LogP contribution in [0.4, 0.5) is 0 Å². The van der Waals surface area contributed by atoms with Crippen molar-refractivity contribution >= 4 is 9.84 Å². The van der Waals surface area contributed by atoms with Crippen LogP contribution in [-0.4, -0.2) is 31.6 Å². The number of aromatic hydroxyl groups is 1. The van der Waals surface area contributed by atoms with Crippen molar-refractivity contribution in [2.75, 3.05) is 18.1 Å². The molecule has 1 N–H and O–H groups in total. The van der Waals surface area contributed by atoms with E-state index in [4.69, 9.17) is 4.74 Å². The Labute approximate surface area is 94.8 Å². The predicted octanol–water partition coefficient (Wildman–Crippen LogP) is 1.21. The topological polar surface area (TPSA) is 63.6 Å². The molecule has 1 aromatic carbocycles. The Bertz CT molecular complexity index is 455. The number of hydrogen-bond acceptors (Lipinski definition) is 4. The first-order valence-electron chi connectivity index (χ1n) is 5.18. The van der Waals surface area contributed by atoms with E-state index in [9.17, 15) is 13.5 Å². The lowest BCUT2D eigenvalue weighted by Gasteiger charge is -2.25. The largest absolute Gasteiger partial charge is 0.504 e. The third-order valence-corrected chi connectivity index (χ3v) is 4.59. The van der Waals surface area contributed by atoms with E-state index in [0.717, 1.165) is 0 Å². The van der Waals surface area contributed by atoms with Crippen LogP contribution in [0.1, 0.15) is 6.42 Å². The van der Waals surface area contributed by atoms with E-state index in [1.807, 2.05) is 0 Å². The molecule has 1 aliphatic heterocycles. The molecule has 1 saturated heterocycles. The highest BCUT2D eigenvalue weighted by atomic mass is 32.2. The number of phenols is 1. The zero-order valence-electron chi connectivity index (χ0n) is 8.80. The van der Waals surface area contributed by atoms with Gasteiger partial charge in [0.05, 0.1) is 18.1 Å². The van der Waals surface area contributed by atoms with Gasteiger partial charge in [0.25, 0.3) is 0 Å². The van der Waals surface area contributed by atoms with Gasteiger partial charge in [0.15, 0.2) is 21.3 Å². The van der Waals surface area contributed by atoms with E-state index < -0.39 is 9.84 Å². The Kier molecular flexibility index (Phi) is 3.05. The van der Waals surface area contributed by atoms with Crippen molar-refractivity contribution in [3.63, 3.8) is 0 Å². The van der Waals surface area contributed by atoms with Gasteiger partial charge >= 0.3 is 0 Å². The summed E-state index contributed by atoms with van der Waals surface area (Å²) >= 11 is 0. The number of benzene rings is 1. The average molecular weight is 242 g/mol. The monoisotopic (exact) mass is 242 g/mol. The van der Waals surface area contributed by atoms with Crippen LogP contribution in [0, 0.1) is 5.92 Å². The number of ether oxygens (including phenoxy) is 1. The molecule has 0 unspecified atom stereocenters. The molecule has 1 fully saturated rings. The highest BCUT2D eigenvalue weighted by molar-refractivity contribution is 7.92. The molecule has 0 saturated carbocycles. The molecule has 4 nitrogen and oxygen atoms in total. The van der Waals surface area contributed by atoms with Crippen molar-refractivity contribution in [1.82, 2.24) is 0 Å². The maximum absolute atomic E-state index is 10.9. The van der Waals surface area contributed by atoms with Gasteiger partial charge in [-0.2, -0.15) is 0 Å². The zero-order valence-corrected chi connectivity index (χ0v) is 9.61. The summed E-state index contributed by atoms with van der Waals surface area (Å²) < 4.78 is 27.2. The third kappa shape index (κ3) is 2.66. The first-order valence-corrected chi connectivity index (χ1v) is 7.00. The molecule has 0 atom stereocenters. The van der Waals surface area contributed by atoms with Crippen molar-refractivity contribution in [1.29, 1.82) is 0 Å². The van der Waals surface area contributed by atoms with E-state index in [2.05, 4.69) is 0 Å². The number of sulfone groups is 1. The molecule has 5 heteroatoms. The Morgan fingerprint density at radius 1 is 1.31 bits per heavy atom. The summed E-state index contributed by atoms with van der Waals surface area (Å²) in [7, 11) is -2.74. The minimum absolute atomic E-state index is 0.115. The lowest BCUT2D eigenvalue weighted by Crippen LogP contribution is -2.37. The van der Waals surface area contributed by atoms with Crippen molar-refractivity contribution < 1.29 is 18.3 Å². The summed E-state index contributed by atoms with van der Waals surface area (Å²) in [5.74, 6) is 1.33. The Balaban J connectivity index is 1.75. The van der Waals surface area contributed by atoms with E-state index in [1.54, 1.807) is 24.3 Å². The second kappa shape index (κ2) is 4.33. The molecular weight excluding hydrogens is 228 g/mol. The molecule has 2 rings (SSSR count). The first kappa shape index (κ1) is 11.3. The van der Waals surface area contributed by atoms with Crippen molar-refractivity contribution in [3.05, 3.63) is 24.3 Å². The lowest BCUT2D eigenvalue weighted by atomic mass is 10.1. The summed E-state index contributed by atoms with van der Waals surface area (Å²) in [4.78, 5) is 0. The van der Waals surface area contributed by atoms with E-state index in [0.29, 0.717) is 18.8 Å². The maximum atomic E-state index is 10.9. The van der Waals surface area contributed by atoms with E-state index >= 15 is 0 Å². The molecule has 1 aliphatic rings. The van der Waals surface area contributed by atoms with Gasteiger partial charge in [0, 0.05) is 0 Å². The summed E-state index contributed by atoms with van der Waals surface area (Å²) in [6.07, 6.45) is 0.716. The highest BCUT2D eigenvalue weighted by Gasteiger charge is 2.32. The van der Waals surface area contributed by atoms with E-state index in [-0.39, 0.29) is 23.2 Å². The van der Waals surface area contributed by atoms with Crippen LogP contribution in [0.25, 0.3) is 0 Å². The van der Waals surface area contributed by atoms with Crippen LogP contribution < -0.4 is 4.74 Å². The molecule has 0 aliphatic carbocycles. The first-order chi connectivity index (χ1) is 7.57. The fraction of sp³-hybridized carbons (Fsp3) is 0.455. The molecule has 1 heterocycles. The molecule has 0 radical (unpaired) electrons. The Hall–Kier alpha value is -1.23. The van der Waals surface area contributed by atoms with Gasteiger partial charge in [-0.05, 0) is 24.5 Å². The van der Waals surface area contributed by atoms with Gasteiger partial charge in [-0.25, -0.2) is 8.42 Å². The number of phenolic OH excluding ortho intramolecular Hbond substituents is 1. The zero-order chi connectivity index (χ0) is 11.6. The summed E-state index contributed by atoms with van der Waals surface area (Å²) in [5, 5.41) is 9.41. The van der Waals surface area contributed by atoms with Gasteiger partial charge in [0.2, 0.25) is 0 Å². The van der Waals surface area contributed by atoms with Gasteiger partial charge in [0.1, 0.15) is 0 Å². The normalized spacial score (nSPS) is 19.0. The standard InChI is InChI=1S/C11H14O4S/c12-10-3-1-2-4-11(10)15-6-5-9-7-16(13,14)8-9/h1-4,9,12H,5-8H2. The third-order valence-electron chi connectivity index (χ3n) is 2.63.